The van der Waals surface area contributed by atoms with Crippen molar-refractivity contribution >= 4 is 11.6 Å². The van der Waals surface area contributed by atoms with Crippen molar-refractivity contribution in [3.05, 3.63) is 54.6 Å². The molecule has 0 radical (unpaired) electrons. The predicted molar refractivity (Wildman–Crippen MR) is 82.1 cm³/mol. The SMILES string of the molecule is C=CC[NH+](CC=C)CCCCOc1ccc(Cl)cc1. The number of hydrogen-bond donors (Lipinski definition) is 1. The molecule has 0 saturated carbocycles. The zero-order valence-corrected chi connectivity index (χ0v) is 12.2. The third-order valence-corrected chi connectivity index (χ3v) is 3.13. The first kappa shape index (κ1) is 15.8. The summed E-state index contributed by atoms with van der Waals surface area (Å²) in [5, 5.41) is 0.737. The van der Waals surface area contributed by atoms with Gasteiger partial charge in [0, 0.05) is 5.02 Å². The molecule has 0 bridgehead atoms. The van der Waals surface area contributed by atoms with Crippen LogP contribution in [0.2, 0.25) is 5.02 Å². The summed E-state index contributed by atoms with van der Waals surface area (Å²) in [7, 11) is 0. The molecule has 1 rings (SSSR count). The Morgan fingerprint density at radius 2 is 1.68 bits per heavy atom. The van der Waals surface area contributed by atoms with Gasteiger partial charge < -0.3 is 9.64 Å². The molecule has 2 nitrogen and oxygen atoms in total. The largest absolute Gasteiger partial charge is 0.494 e. The van der Waals surface area contributed by atoms with E-state index in [1.54, 1.807) is 0 Å². The smallest absolute Gasteiger partial charge is 0.119 e. The van der Waals surface area contributed by atoms with Crippen LogP contribution in [0.1, 0.15) is 12.8 Å². The molecule has 104 valence electrons. The summed E-state index contributed by atoms with van der Waals surface area (Å²) in [6.45, 7) is 11.4. The van der Waals surface area contributed by atoms with Crippen molar-refractivity contribution in [3.8, 4) is 5.75 Å². The monoisotopic (exact) mass is 280 g/mol. The summed E-state index contributed by atoms with van der Waals surface area (Å²) in [5.41, 5.74) is 0. The number of nitrogens with one attached hydrogen (secondary N) is 1. The summed E-state index contributed by atoms with van der Waals surface area (Å²) in [6, 6.07) is 7.48. The Labute approximate surface area is 121 Å². The highest BCUT2D eigenvalue weighted by atomic mass is 35.5. The lowest BCUT2D eigenvalue weighted by molar-refractivity contribution is -0.888. The Bertz CT molecular complexity index is 365. The minimum Gasteiger partial charge on any atom is -0.494 e. The van der Waals surface area contributed by atoms with Crippen LogP contribution in [0.15, 0.2) is 49.6 Å². The van der Waals surface area contributed by atoms with Gasteiger partial charge in [0.05, 0.1) is 26.2 Å². The van der Waals surface area contributed by atoms with E-state index in [1.807, 2.05) is 36.4 Å². The quantitative estimate of drug-likeness (QED) is 0.514. The second kappa shape index (κ2) is 9.65. The van der Waals surface area contributed by atoms with Gasteiger partial charge in [0.25, 0.3) is 0 Å². The van der Waals surface area contributed by atoms with E-state index in [1.165, 1.54) is 4.90 Å². The maximum absolute atomic E-state index is 5.82. The maximum Gasteiger partial charge on any atom is 0.119 e. The molecular formula is C16H23ClNO+. The average Bonchev–Trinajstić information content (AvgIpc) is 2.41. The van der Waals surface area contributed by atoms with Crippen LogP contribution < -0.4 is 9.64 Å². The van der Waals surface area contributed by atoms with E-state index in [4.69, 9.17) is 16.3 Å². The first-order valence-electron chi connectivity index (χ1n) is 6.70. The van der Waals surface area contributed by atoms with Gasteiger partial charge in [-0.25, -0.2) is 0 Å². The molecule has 0 unspecified atom stereocenters. The molecule has 0 aliphatic rings. The van der Waals surface area contributed by atoms with Crippen molar-refractivity contribution in [1.29, 1.82) is 0 Å². The minimum absolute atomic E-state index is 0.737. The predicted octanol–water partition coefficient (Wildman–Crippen LogP) is 2.76. The van der Waals surface area contributed by atoms with Crippen molar-refractivity contribution in [2.45, 2.75) is 12.8 Å². The molecule has 0 spiro atoms. The summed E-state index contributed by atoms with van der Waals surface area (Å²) in [6.07, 6.45) is 6.12. The molecule has 1 aromatic rings. The van der Waals surface area contributed by atoms with E-state index in [2.05, 4.69) is 13.2 Å². The topological polar surface area (TPSA) is 13.7 Å². The third kappa shape index (κ3) is 7.04. The molecule has 0 saturated heterocycles. The van der Waals surface area contributed by atoms with Crippen LogP contribution in [0.25, 0.3) is 0 Å². The summed E-state index contributed by atoms with van der Waals surface area (Å²) in [5.74, 6) is 0.880. The fraction of sp³-hybridized carbons (Fsp3) is 0.375. The van der Waals surface area contributed by atoms with Crippen LogP contribution in [0.5, 0.6) is 5.75 Å². The third-order valence-electron chi connectivity index (χ3n) is 2.87. The molecule has 0 aliphatic heterocycles. The van der Waals surface area contributed by atoms with Gasteiger partial charge in [-0.2, -0.15) is 0 Å². The Balaban J connectivity index is 2.14. The van der Waals surface area contributed by atoms with Crippen molar-refractivity contribution in [1.82, 2.24) is 0 Å². The van der Waals surface area contributed by atoms with Gasteiger partial charge >= 0.3 is 0 Å². The molecule has 19 heavy (non-hydrogen) atoms. The summed E-state index contributed by atoms with van der Waals surface area (Å²) < 4.78 is 5.65. The fourth-order valence-electron chi connectivity index (χ4n) is 1.89. The van der Waals surface area contributed by atoms with Gasteiger partial charge in [0.15, 0.2) is 0 Å². The van der Waals surface area contributed by atoms with Crippen molar-refractivity contribution in [3.63, 3.8) is 0 Å². The summed E-state index contributed by atoms with van der Waals surface area (Å²) in [4.78, 5) is 1.50. The van der Waals surface area contributed by atoms with Crippen LogP contribution in [-0.2, 0) is 0 Å². The second-order valence-corrected chi connectivity index (χ2v) is 4.93. The second-order valence-electron chi connectivity index (χ2n) is 4.50. The number of halogens is 1. The fourth-order valence-corrected chi connectivity index (χ4v) is 2.02. The number of unbranched alkanes of at least 4 members (excludes halogenated alkanes) is 1. The Morgan fingerprint density at radius 3 is 2.26 bits per heavy atom. The van der Waals surface area contributed by atoms with Crippen molar-refractivity contribution in [2.75, 3.05) is 26.2 Å². The molecule has 0 heterocycles. The van der Waals surface area contributed by atoms with Gasteiger partial charge in [0.1, 0.15) is 5.75 Å². The Morgan fingerprint density at radius 1 is 1.05 bits per heavy atom. The molecule has 1 N–H and O–H groups in total. The number of benzene rings is 1. The Hall–Kier alpha value is -1.25. The highest BCUT2D eigenvalue weighted by molar-refractivity contribution is 6.30. The average molecular weight is 281 g/mol. The number of hydrogen-bond acceptors (Lipinski definition) is 1. The maximum atomic E-state index is 5.82. The van der Waals surface area contributed by atoms with Crippen LogP contribution >= 0.6 is 11.6 Å². The first-order valence-corrected chi connectivity index (χ1v) is 7.07. The highest BCUT2D eigenvalue weighted by Gasteiger charge is 2.03. The number of quaternary nitrogens is 1. The molecule has 0 amide bonds. The van der Waals surface area contributed by atoms with Crippen LogP contribution in [0, 0.1) is 0 Å². The molecule has 0 aromatic heterocycles. The van der Waals surface area contributed by atoms with E-state index < -0.39 is 0 Å². The lowest BCUT2D eigenvalue weighted by atomic mass is 10.3. The van der Waals surface area contributed by atoms with Crippen molar-refractivity contribution in [2.24, 2.45) is 0 Å². The van der Waals surface area contributed by atoms with Gasteiger partial charge in [-0.3, -0.25) is 0 Å². The van der Waals surface area contributed by atoms with Gasteiger partial charge in [-0.1, -0.05) is 24.8 Å². The van der Waals surface area contributed by atoms with E-state index >= 15 is 0 Å². The van der Waals surface area contributed by atoms with Gasteiger partial charge in [0.2, 0.25) is 0 Å². The zero-order chi connectivity index (χ0) is 13.9. The van der Waals surface area contributed by atoms with Gasteiger partial charge in [-0.05, 0) is 49.3 Å². The lowest BCUT2D eigenvalue weighted by Gasteiger charge is -2.15. The van der Waals surface area contributed by atoms with Crippen LogP contribution in [-0.4, -0.2) is 26.2 Å². The van der Waals surface area contributed by atoms with E-state index in [0.29, 0.717) is 0 Å². The summed E-state index contributed by atoms with van der Waals surface area (Å²) >= 11 is 5.82. The normalized spacial score (nSPS) is 10.4. The highest BCUT2D eigenvalue weighted by Crippen LogP contribution is 2.15. The molecular weight excluding hydrogens is 258 g/mol. The number of ether oxygens (including phenoxy) is 1. The van der Waals surface area contributed by atoms with Crippen molar-refractivity contribution < 1.29 is 9.64 Å². The first-order chi connectivity index (χ1) is 9.26. The van der Waals surface area contributed by atoms with Crippen LogP contribution in [0.3, 0.4) is 0 Å². The van der Waals surface area contributed by atoms with E-state index in [0.717, 1.165) is 49.9 Å². The van der Waals surface area contributed by atoms with E-state index in [-0.39, 0.29) is 0 Å². The lowest BCUT2D eigenvalue weighted by Crippen LogP contribution is -3.11. The minimum atomic E-state index is 0.737. The standard InChI is InChI=1S/C16H22ClNO/c1-3-11-18(12-4-2)13-5-6-14-19-16-9-7-15(17)8-10-16/h3-4,7-10H,1-2,5-6,11-14H2/p+1. The van der Waals surface area contributed by atoms with Gasteiger partial charge in [-0.15, -0.1) is 0 Å². The molecule has 0 aliphatic carbocycles. The molecule has 1 aromatic carbocycles. The molecule has 0 fully saturated rings. The molecule has 3 heteroatoms. The Kier molecular flexibility index (Phi) is 8.03. The molecule has 0 atom stereocenters. The van der Waals surface area contributed by atoms with E-state index in [9.17, 15) is 0 Å². The van der Waals surface area contributed by atoms with Crippen LogP contribution in [0.4, 0.5) is 0 Å². The number of rotatable bonds is 10. The zero-order valence-electron chi connectivity index (χ0n) is 11.4.